The Labute approximate surface area is 102 Å². The zero-order valence-corrected chi connectivity index (χ0v) is 10.4. The lowest BCUT2D eigenvalue weighted by molar-refractivity contribution is -0.146. The first-order valence-electron chi connectivity index (χ1n) is 6.03. The molecule has 0 amide bonds. The van der Waals surface area contributed by atoms with E-state index in [4.69, 9.17) is 5.11 Å². The molecule has 0 bridgehead atoms. The van der Waals surface area contributed by atoms with Crippen LogP contribution in [0, 0.1) is 12.8 Å². The summed E-state index contributed by atoms with van der Waals surface area (Å²) in [5.41, 5.74) is 1.72. The molecule has 0 aromatic heterocycles. The van der Waals surface area contributed by atoms with E-state index in [1.54, 1.807) is 6.07 Å². The van der Waals surface area contributed by atoms with E-state index < -0.39 is 18.0 Å². The van der Waals surface area contributed by atoms with Gasteiger partial charge in [0.25, 0.3) is 0 Å². The van der Waals surface area contributed by atoms with Crippen LogP contribution in [0.15, 0.2) is 24.3 Å². The number of benzene rings is 1. The molecule has 2 atom stereocenters. The van der Waals surface area contributed by atoms with E-state index in [2.05, 4.69) is 0 Å². The highest BCUT2D eigenvalue weighted by Crippen LogP contribution is 2.27. The second-order valence-corrected chi connectivity index (χ2v) is 4.45. The number of rotatable bonds is 6. The van der Waals surface area contributed by atoms with Crippen LogP contribution < -0.4 is 0 Å². The second kappa shape index (κ2) is 6.40. The van der Waals surface area contributed by atoms with Crippen molar-refractivity contribution in [2.45, 2.75) is 39.2 Å². The Morgan fingerprint density at radius 1 is 1.41 bits per heavy atom. The number of aliphatic hydroxyl groups is 1. The lowest BCUT2D eigenvalue weighted by Crippen LogP contribution is -2.22. The first-order valence-corrected chi connectivity index (χ1v) is 6.03. The molecule has 1 rings (SSSR count). The highest BCUT2D eigenvalue weighted by Gasteiger charge is 2.27. The van der Waals surface area contributed by atoms with Gasteiger partial charge in [-0.15, -0.1) is 0 Å². The lowest BCUT2D eigenvalue weighted by Gasteiger charge is -2.19. The van der Waals surface area contributed by atoms with Gasteiger partial charge in [0, 0.05) is 0 Å². The van der Waals surface area contributed by atoms with Crippen LogP contribution in [0.4, 0.5) is 0 Å². The van der Waals surface area contributed by atoms with E-state index in [1.807, 2.05) is 32.0 Å². The Bertz CT molecular complexity index is 373. The summed E-state index contributed by atoms with van der Waals surface area (Å²) in [4.78, 5) is 11.1. The van der Waals surface area contributed by atoms with Crippen LogP contribution in [0.25, 0.3) is 0 Å². The molecule has 0 saturated heterocycles. The van der Waals surface area contributed by atoms with Crippen LogP contribution in [-0.4, -0.2) is 16.2 Å². The van der Waals surface area contributed by atoms with Gasteiger partial charge in [0.15, 0.2) is 0 Å². The number of carboxylic acid groups (broad SMARTS) is 1. The van der Waals surface area contributed by atoms with E-state index in [9.17, 15) is 9.90 Å². The normalized spacial score (nSPS) is 14.3. The number of aliphatic carboxylic acids is 1. The van der Waals surface area contributed by atoms with Crippen molar-refractivity contribution in [1.29, 1.82) is 0 Å². The molecule has 2 N–H and O–H groups in total. The molecule has 94 valence electrons. The maximum Gasteiger partial charge on any atom is 0.309 e. The minimum absolute atomic E-state index is 0.515. The van der Waals surface area contributed by atoms with Crippen molar-refractivity contribution in [1.82, 2.24) is 0 Å². The zero-order chi connectivity index (χ0) is 12.8. The molecule has 0 aliphatic carbocycles. The number of carboxylic acids is 1. The van der Waals surface area contributed by atoms with Gasteiger partial charge in [-0.05, 0) is 18.9 Å². The molecule has 0 fully saturated rings. The molecule has 1 aromatic rings. The summed E-state index contributed by atoms with van der Waals surface area (Å²) in [5, 5.41) is 19.3. The average molecular weight is 236 g/mol. The van der Waals surface area contributed by atoms with Gasteiger partial charge in [0.2, 0.25) is 0 Å². The number of hydrogen-bond donors (Lipinski definition) is 2. The van der Waals surface area contributed by atoms with Gasteiger partial charge >= 0.3 is 5.97 Å². The third-order valence-corrected chi connectivity index (χ3v) is 2.95. The lowest BCUT2D eigenvalue weighted by atomic mass is 9.90. The van der Waals surface area contributed by atoms with Gasteiger partial charge in [0.05, 0.1) is 12.0 Å². The van der Waals surface area contributed by atoms with Crippen molar-refractivity contribution in [3.63, 3.8) is 0 Å². The number of aliphatic hydroxyl groups excluding tert-OH is 1. The average Bonchev–Trinajstić information content (AvgIpc) is 2.29. The summed E-state index contributed by atoms with van der Waals surface area (Å²) < 4.78 is 0. The summed E-state index contributed by atoms with van der Waals surface area (Å²) in [6.45, 7) is 3.94. The fourth-order valence-corrected chi connectivity index (χ4v) is 1.93. The van der Waals surface area contributed by atoms with Crippen LogP contribution >= 0.6 is 0 Å². The van der Waals surface area contributed by atoms with Crippen molar-refractivity contribution >= 4 is 5.97 Å². The molecule has 3 heteroatoms. The molecule has 0 spiro atoms. The largest absolute Gasteiger partial charge is 0.481 e. The molecule has 3 nitrogen and oxygen atoms in total. The van der Waals surface area contributed by atoms with Gasteiger partial charge in [-0.3, -0.25) is 4.79 Å². The van der Waals surface area contributed by atoms with Crippen molar-refractivity contribution in [2.24, 2.45) is 5.92 Å². The monoisotopic (exact) mass is 236 g/mol. The summed E-state index contributed by atoms with van der Waals surface area (Å²) in [7, 11) is 0. The summed E-state index contributed by atoms with van der Waals surface area (Å²) in [6.07, 6.45) is 1.35. The smallest absolute Gasteiger partial charge is 0.309 e. The molecule has 0 heterocycles. The van der Waals surface area contributed by atoms with Gasteiger partial charge in [0.1, 0.15) is 0 Å². The first kappa shape index (κ1) is 13.7. The Morgan fingerprint density at radius 2 is 2.12 bits per heavy atom. The standard InChI is InChI=1S/C14H20O3/c1-3-4-8-12(14(16)17)13(15)11-7-5-6-10(2)9-11/h5-7,9,12-13,15H,3-4,8H2,1-2H3,(H,16,17). The van der Waals surface area contributed by atoms with Crippen LogP contribution in [0.1, 0.15) is 43.4 Å². The number of unbranched alkanes of at least 4 members (excludes halogenated alkanes) is 1. The van der Waals surface area contributed by atoms with Crippen molar-refractivity contribution in [3.8, 4) is 0 Å². The molecule has 17 heavy (non-hydrogen) atoms. The third kappa shape index (κ3) is 3.86. The van der Waals surface area contributed by atoms with E-state index >= 15 is 0 Å². The molecule has 0 aliphatic heterocycles. The fourth-order valence-electron chi connectivity index (χ4n) is 1.93. The quantitative estimate of drug-likeness (QED) is 0.798. The highest BCUT2D eigenvalue weighted by atomic mass is 16.4. The molecule has 0 aliphatic rings. The Balaban J connectivity index is 2.83. The fraction of sp³-hybridized carbons (Fsp3) is 0.500. The molecule has 1 aromatic carbocycles. The van der Waals surface area contributed by atoms with Crippen LogP contribution in [-0.2, 0) is 4.79 Å². The topological polar surface area (TPSA) is 57.5 Å². The van der Waals surface area contributed by atoms with Crippen LogP contribution in [0.5, 0.6) is 0 Å². The molecule has 0 radical (unpaired) electrons. The second-order valence-electron chi connectivity index (χ2n) is 4.45. The number of carbonyl (C=O) groups is 1. The van der Waals surface area contributed by atoms with Gasteiger partial charge in [-0.25, -0.2) is 0 Å². The minimum Gasteiger partial charge on any atom is -0.481 e. The van der Waals surface area contributed by atoms with Crippen LogP contribution in [0.3, 0.4) is 0 Å². The molecule has 0 saturated carbocycles. The molecule has 2 unspecified atom stereocenters. The SMILES string of the molecule is CCCCC(C(=O)O)C(O)c1cccc(C)c1. The number of aryl methyl sites for hydroxylation is 1. The predicted octanol–water partition coefficient (Wildman–Crippen LogP) is 2.92. The van der Waals surface area contributed by atoms with E-state index in [0.717, 1.165) is 18.4 Å². The third-order valence-electron chi connectivity index (χ3n) is 2.95. The van der Waals surface area contributed by atoms with Gasteiger partial charge < -0.3 is 10.2 Å². The van der Waals surface area contributed by atoms with Gasteiger partial charge in [-0.1, -0.05) is 49.6 Å². The van der Waals surface area contributed by atoms with E-state index in [0.29, 0.717) is 12.0 Å². The van der Waals surface area contributed by atoms with E-state index in [1.165, 1.54) is 0 Å². The highest BCUT2D eigenvalue weighted by molar-refractivity contribution is 5.71. The first-order chi connectivity index (χ1) is 8.06. The van der Waals surface area contributed by atoms with Crippen LogP contribution in [0.2, 0.25) is 0 Å². The maximum absolute atomic E-state index is 11.1. The van der Waals surface area contributed by atoms with Crippen molar-refractivity contribution < 1.29 is 15.0 Å². The summed E-state index contributed by atoms with van der Waals surface area (Å²) in [5.74, 6) is -1.63. The summed E-state index contributed by atoms with van der Waals surface area (Å²) in [6, 6.07) is 7.39. The molecular formula is C14H20O3. The predicted molar refractivity (Wildman–Crippen MR) is 66.8 cm³/mol. The molecular weight excluding hydrogens is 216 g/mol. The zero-order valence-electron chi connectivity index (χ0n) is 10.4. The Kier molecular flexibility index (Phi) is 5.16. The van der Waals surface area contributed by atoms with Crippen molar-refractivity contribution in [3.05, 3.63) is 35.4 Å². The maximum atomic E-state index is 11.1. The minimum atomic E-state index is -0.924. The van der Waals surface area contributed by atoms with E-state index in [-0.39, 0.29) is 0 Å². The number of hydrogen-bond acceptors (Lipinski definition) is 2. The Hall–Kier alpha value is -1.35. The van der Waals surface area contributed by atoms with Crippen molar-refractivity contribution in [2.75, 3.05) is 0 Å². The van der Waals surface area contributed by atoms with Gasteiger partial charge in [-0.2, -0.15) is 0 Å². The summed E-state index contributed by atoms with van der Waals surface area (Å²) >= 11 is 0. The Morgan fingerprint density at radius 3 is 2.65 bits per heavy atom.